The maximum Gasteiger partial charge on any atom is 0.219 e. The van der Waals surface area contributed by atoms with Crippen molar-refractivity contribution in [3.63, 3.8) is 0 Å². The summed E-state index contributed by atoms with van der Waals surface area (Å²) < 4.78 is 11.1. The first-order valence-electron chi connectivity index (χ1n) is 6.18. The Balaban J connectivity index is 2.10. The highest BCUT2D eigenvalue weighted by Crippen LogP contribution is 2.18. The monoisotopic (exact) mass is 237 g/mol. The summed E-state index contributed by atoms with van der Waals surface area (Å²) in [6, 6.07) is 1.85. The lowest BCUT2D eigenvalue weighted by Crippen LogP contribution is -2.17. The molecule has 0 aliphatic carbocycles. The van der Waals surface area contributed by atoms with Gasteiger partial charge in [0.05, 0.1) is 13.2 Å². The fraction of sp³-hybridized carbons (Fsp3) is 0.667. The minimum absolute atomic E-state index is 0.129. The van der Waals surface area contributed by atoms with Crippen molar-refractivity contribution in [3.05, 3.63) is 11.9 Å². The van der Waals surface area contributed by atoms with Gasteiger partial charge in [-0.2, -0.15) is 4.98 Å². The highest BCUT2D eigenvalue weighted by atomic mass is 16.5. The van der Waals surface area contributed by atoms with Crippen molar-refractivity contribution >= 4 is 5.82 Å². The number of aryl methyl sites for hydroxylation is 1. The number of nitrogens with zero attached hydrogens (tertiary/aromatic N) is 2. The lowest BCUT2D eigenvalue weighted by molar-refractivity contribution is 0.138. The van der Waals surface area contributed by atoms with Crippen molar-refractivity contribution in [3.8, 4) is 5.88 Å². The molecule has 5 heteroatoms. The van der Waals surface area contributed by atoms with Gasteiger partial charge < -0.3 is 14.8 Å². The number of aromatic nitrogens is 2. The first-order chi connectivity index (χ1) is 8.31. The van der Waals surface area contributed by atoms with Crippen molar-refractivity contribution in [2.45, 2.75) is 32.8 Å². The van der Waals surface area contributed by atoms with Crippen LogP contribution in [-0.4, -0.2) is 35.8 Å². The lowest BCUT2D eigenvalue weighted by atomic mass is 10.3. The normalized spacial score (nSPS) is 19.3. The molecular weight excluding hydrogens is 218 g/mol. The number of hydrogen-bond donors (Lipinski definition) is 1. The molecule has 1 aliphatic rings. The zero-order valence-corrected chi connectivity index (χ0v) is 10.4. The SMILES string of the molecule is CCNc1cc(OC2CCOC2)nc(CC)n1. The van der Waals surface area contributed by atoms with Crippen LogP contribution in [0.1, 0.15) is 26.1 Å². The van der Waals surface area contributed by atoms with Gasteiger partial charge in [0.15, 0.2) is 0 Å². The zero-order chi connectivity index (χ0) is 12.1. The molecule has 1 aromatic heterocycles. The van der Waals surface area contributed by atoms with Crippen LogP contribution in [0.4, 0.5) is 5.82 Å². The zero-order valence-electron chi connectivity index (χ0n) is 10.4. The van der Waals surface area contributed by atoms with Gasteiger partial charge in [0.25, 0.3) is 0 Å². The average Bonchev–Trinajstić information content (AvgIpc) is 2.82. The molecule has 0 bridgehead atoms. The summed E-state index contributed by atoms with van der Waals surface area (Å²) in [6.07, 6.45) is 1.86. The Labute approximate surface area is 102 Å². The molecule has 1 aliphatic heterocycles. The molecule has 1 saturated heterocycles. The number of ether oxygens (including phenoxy) is 2. The molecule has 17 heavy (non-hydrogen) atoms. The summed E-state index contributed by atoms with van der Waals surface area (Å²) in [4.78, 5) is 8.75. The van der Waals surface area contributed by atoms with Crippen molar-refractivity contribution in [2.75, 3.05) is 25.1 Å². The maximum absolute atomic E-state index is 5.79. The van der Waals surface area contributed by atoms with Crippen LogP contribution in [0.2, 0.25) is 0 Å². The van der Waals surface area contributed by atoms with Crippen LogP contribution in [0.3, 0.4) is 0 Å². The van der Waals surface area contributed by atoms with Crippen LogP contribution in [0.25, 0.3) is 0 Å². The van der Waals surface area contributed by atoms with Gasteiger partial charge in [-0.05, 0) is 6.92 Å². The van der Waals surface area contributed by atoms with Crippen LogP contribution in [0, 0.1) is 0 Å². The Morgan fingerprint density at radius 3 is 3.00 bits per heavy atom. The van der Waals surface area contributed by atoms with E-state index < -0.39 is 0 Å². The largest absolute Gasteiger partial charge is 0.472 e. The maximum atomic E-state index is 5.79. The molecule has 0 saturated carbocycles. The second-order valence-corrected chi connectivity index (χ2v) is 3.99. The molecular formula is C12H19N3O2. The number of anilines is 1. The molecule has 1 fully saturated rings. The summed E-state index contributed by atoms with van der Waals surface area (Å²) in [6.45, 7) is 6.34. The minimum Gasteiger partial charge on any atom is -0.472 e. The molecule has 94 valence electrons. The molecule has 5 nitrogen and oxygen atoms in total. The number of nitrogens with one attached hydrogen (secondary N) is 1. The van der Waals surface area contributed by atoms with E-state index in [4.69, 9.17) is 9.47 Å². The Morgan fingerprint density at radius 1 is 1.47 bits per heavy atom. The Bertz CT molecular complexity index is 365. The highest BCUT2D eigenvalue weighted by Gasteiger charge is 2.18. The molecule has 2 rings (SSSR count). The number of hydrogen-bond acceptors (Lipinski definition) is 5. The summed E-state index contributed by atoms with van der Waals surface area (Å²) >= 11 is 0. The minimum atomic E-state index is 0.129. The first kappa shape index (κ1) is 12.1. The van der Waals surface area contributed by atoms with E-state index in [-0.39, 0.29) is 6.10 Å². The third kappa shape index (κ3) is 3.30. The van der Waals surface area contributed by atoms with Gasteiger partial charge in [-0.3, -0.25) is 0 Å². The second-order valence-electron chi connectivity index (χ2n) is 3.99. The van der Waals surface area contributed by atoms with Crippen molar-refractivity contribution in [1.82, 2.24) is 9.97 Å². The molecule has 0 aromatic carbocycles. The molecule has 0 spiro atoms. The van der Waals surface area contributed by atoms with Crippen LogP contribution in [0.15, 0.2) is 6.07 Å². The van der Waals surface area contributed by atoms with Crippen molar-refractivity contribution < 1.29 is 9.47 Å². The molecule has 1 unspecified atom stereocenters. The van der Waals surface area contributed by atoms with E-state index in [1.807, 2.05) is 19.9 Å². The molecule has 1 atom stereocenters. The van der Waals surface area contributed by atoms with Gasteiger partial charge in [0.2, 0.25) is 5.88 Å². The Kier molecular flexibility index (Phi) is 4.14. The lowest BCUT2D eigenvalue weighted by Gasteiger charge is -2.13. The van der Waals surface area contributed by atoms with Crippen LogP contribution >= 0.6 is 0 Å². The second kappa shape index (κ2) is 5.82. The van der Waals surface area contributed by atoms with Gasteiger partial charge >= 0.3 is 0 Å². The third-order valence-electron chi connectivity index (χ3n) is 2.60. The van der Waals surface area contributed by atoms with Crippen molar-refractivity contribution in [1.29, 1.82) is 0 Å². The van der Waals surface area contributed by atoms with Gasteiger partial charge in [-0.1, -0.05) is 6.92 Å². The molecule has 1 N–H and O–H groups in total. The standard InChI is InChI=1S/C12H19N3O2/c1-3-10-14-11(13-4-2)7-12(15-10)17-9-5-6-16-8-9/h7,9H,3-6,8H2,1-2H3,(H,13,14,15). The van der Waals surface area contributed by atoms with Crippen LogP contribution in [0.5, 0.6) is 5.88 Å². The summed E-state index contributed by atoms with van der Waals surface area (Å²) in [5.41, 5.74) is 0. The van der Waals surface area contributed by atoms with E-state index in [0.717, 1.165) is 37.6 Å². The summed E-state index contributed by atoms with van der Waals surface area (Å²) in [5.74, 6) is 2.27. The van der Waals surface area contributed by atoms with E-state index in [0.29, 0.717) is 12.5 Å². The Hall–Kier alpha value is -1.36. The molecule has 2 heterocycles. The summed E-state index contributed by atoms with van der Waals surface area (Å²) in [7, 11) is 0. The van der Waals surface area contributed by atoms with E-state index >= 15 is 0 Å². The van der Waals surface area contributed by atoms with E-state index in [1.54, 1.807) is 0 Å². The van der Waals surface area contributed by atoms with E-state index in [2.05, 4.69) is 15.3 Å². The predicted molar refractivity (Wildman–Crippen MR) is 65.4 cm³/mol. The van der Waals surface area contributed by atoms with Gasteiger partial charge in [0.1, 0.15) is 17.7 Å². The Morgan fingerprint density at radius 2 is 2.35 bits per heavy atom. The highest BCUT2D eigenvalue weighted by molar-refractivity contribution is 5.38. The van der Waals surface area contributed by atoms with Gasteiger partial charge in [-0.15, -0.1) is 0 Å². The molecule has 0 amide bonds. The topological polar surface area (TPSA) is 56.3 Å². The fourth-order valence-corrected chi connectivity index (χ4v) is 1.74. The first-order valence-corrected chi connectivity index (χ1v) is 6.18. The van der Waals surface area contributed by atoms with E-state index in [9.17, 15) is 0 Å². The average molecular weight is 237 g/mol. The smallest absolute Gasteiger partial charge is 0.219 e. The van der Waals surface area contributed by atoms with Gasteiger partial charge in [-0.25, -0.2) is 4.98 Å². The summed E-state index contributed by atoms with van der Waals surface area (Å²) in [5, 5.41) is 3.19. The molecule has 0 radical (unpaired) electrons. The van der Waals surface area contributed by atoms with Crippen molar-refractivity contribution in [2.24, 2.45) is 0 Å². The number of rotatable bonds is 5. The quantitative estimate of drug-likeness (QED) is 0.843. The molecule has 1 aromatic rings. The fourth-order valence-electron chi connectivity index (χ4n) is 1.74. The van der Waals surface area contributed by atoms with E-state index in [1.165, 1.54) is 0 Å². The van der Waals surface area contributed by atoms with Crippen LogP contribution in [-0.2, 0) is 11.2 Å². The third-order valence-corrected chi connectivity index (χ3v) is 2.60. The van der Waals surface area contributed by atoms with Gasteiger partial charge in [0, 0.05) is 25.5 Å². The van der Waals surface area contributed by atoms with Crippen LogP contribution < -0.4 is 10.1 Å². The predicted octanol–water partition coefficient (Wildman–Crippen LogP) is 1.64.